The van der Waals surface area contributed by atoms with Gasteiger partial charge in [-0.05, 0) is 50.1 Å². The minimum atomic E-state index is -0.101. The Bertz CT molecular complexity index is 564. The lowest BCUT2D eigenvalue weighted by Gasteiger charge is -2.07. The van der Waals surface area contributed by atoms with Crippen LogP contribution in [0.3, 0.4) is 0 Å². The van der Waals surface area contributed by atoms with Crippen molar-refractivity contribution in [2.75, 3.05) is 0 Å². The smallest absolute Gasteiger partial charge is 0.267 e. The van der Waals surface area contributed by atoms with Crippen LogP contribution in [0.5, 0.6) is 0 Å². The predicted octanol–water partition coefficient (Wildman–Crippen LogP) is 2.16. The maximum absolute atomic E-state index is 11.7. The van der Waals surface area contributed by atoms with Crippen LogP contribution < -0.4 is 5.56 Å². The topological polar surface area (TPSA) is 34.9 Å². The van der Waals surface area contributed by atoms with Crippen molar-refractivity contribution in [3.05, 3.63) is 57.5 Å². The monoisotopic (exact) mass is 214 g/mol. The molecule has 0 amide bonds. The molecule has 0 N–H and O–H groups in total. The molecular formula is C13H14N2O. The van der Waals surface area contributed by atoms with E-state index in [0.717, 1.165) is 22.5 Å². The van der Waals surface area contributed by atoms with Gasteiger partial charge in [-0.3, -0.25) is 4.79 Å². The van der Waals surface area contributed by atoms with Gasteiger partial charge < -0.3 is 0 Å². The average molecular weight is 214 g/mol. The van der Waals surface area contributed by atoms with E-state index in [1.54, 1.807) is 12.1 Å². The number of nitrogens with zero attached hydrogens (tertiary/aromatic N) is 2. The van der Waals surface area contributed by atoms with E-state index in [4.69, 9.17) is 0 Å². The highest BCUT2D eigenvalue weighted by molar-refractivity contribution is 5.38. The summed E-state index contributed by atoms with van der Waals surface area (Å²) in [6, 6.07) is 9.26. The van der Waals surface area contributed by atoms with Crippen LogP contribution in [-0.2, 0) is 0 Å². The number of rotatable bonds is 1. The molecule has 0 spiro atoms. The van der Waals surface area contributed by atoms with Crippen LogP contribution in [0.2, 0.25) is 0 Å². The van der Waals surface area contributed by atoms with Crippen LogP contribution in [0.1, 0.15) is 16.8 Å². The highest BCUT2D eigenvalue weighted by atomic mass is 16.1. The molecule has 82 valence electrons. The maximum atomic E-state index is 11.7. The Morgan fingerprint density at radius 3 is 2.25 bits per heavy atom. The average Bonchev–Trinajstić information content (AvgIpc) is 2.20. The van der Waals surface area contributed by atoms with Crippen LogP contribution in [0.4, 0.5) is 0 Å². The first kappa shape index (κ1) is 10.6. The van der Waals surface area contributed by atoms with Gasteiger partial charge in [-0.2, -0.15) is 9.78 Å². The molecule has 1 aromatic heterocycles. The second kappa shape index (κ2) is 3.93. The highest BCUT2D eigenvalue weighted by Gasteiger charge is 2.02. The summed E-state index contributed by atoms with van der Waals surface area (Å²) in [4.78, 5) is 11.7. The molecule has 0 aliphatic carbocycles. The zero-order valence-corrected chi connectivity index (χ0v) is 9.69. The first-order valence-electron chi connectivity index (χ1n) is 5.22. The Labute approximate surface area is 94.4 Å². The predicted molar refractivity (Wildman–Crippen MR) is 64.0 cm³/mol. The van der Waals surface area contributed by atoms with Crippen molar-refractivity contribution in [3.63, 3.8) is 0 Å². The van der Waals surface area contributed by atoms with Crippen molar-refractivity contribution in [1.29, 1.82) is 0 Å². The summed E-state index contributed by atoms with van der Waals surface area (Å²) in [7, 11) is 0. The van der Waals surface area contributed by atoms with Crippen molar-refractivity contribution in [2.45, 2.75) is 20.8 Å². The molecule has 1 aromatic carbocycles. The number of aromatic nitrogens is 2. The molecular weight excluding hydrogens is 200 g/mol. The Kier molecular flexibility index (Phi) is 2.60. The van der Waals surface area contributed by atoms with Crippen molar-refractivity contribution in [2.24, 2.45) is 0 Å². The first-order valence-corrected chi connectivity index (χ1v) is 5.22. The minimum Gasteiger partial charge on any atom is -0.267 e. The summed E-state index contributed by atoms with van der Waals surface area (Å²) in [6.45, 7) is 5.90. The van der Waals surface area contributed by atoms with Crippen LogP contribution in [-0.4, -0.2) is 9.78 Å². The summed E-state index contributed by atoms with van der Waals surface area (Å²) < 4.78 is 1.44. The fourth-order valence-corrected chi connectivity index (χ4v) is 1.76. The van der Waals surface area contributed by atoms with Gasteiger partial charge in [-0.25, -0.2) is 0 Å². The molecule has 3 heteroatoms. The molecule has 0 saturated heterocycles. The molecule has 3 nitrogen and oxygen atoms in total. The van der Waals surface area contributed by atoms with Gasteiger partial charge in [0.2, 0.25) is 0 Å². The lowest BCUT2D eigenvalue weighted by atomic mass is 10.1. The lowest BCUT2D eigenvalue weighted by molar-refractivity contribution is 0.784. The van der Waals surface area contributed by atoms with Gasteiger partial charge in [0.25, 0.3) is 5.56 Å². The molecule has 0 radical (unpaired) electrons. The third-order valence-electron chi connectivity index (χ3n) is 2.38. The van der Waals surface area contributed by atoms with E-state index in [1.165, 1.54) is 4.68 Å². The molecule has 2 aromatic rings. The van der Waals surface area contributed by atoms with E-state index < -0.39 is 0 Å². The van der Waals surface area contributed by atoms with Crippen LogP contribution in [0.15, 0.2) is 35.1 Å². The number of benzene rings is 1. The third kappa shape index (κ3) is 2.03. The zero-order valence-electron chi connectivity index (χ0n) is 9.69. The molecule has 2 rings (SSSR count). The first-order chi connectivity index (χ1) is 7.56. The van der Waals surface area contributed by atoms with E-state index in [0.29, 0.717) is 0 Å². The summed E-state index contributed by atoms with van der Waals surface area (Å²) in [5.41, 5.74) is 3.82. The quantitative estimate of drug-likeness (QED) is 0.729. The number of hydrogen-bond acceptors (Lipinski definition) is 2. The number of hydrogen-bond donors (Lipinski definition) is 0. The SMILES string of the molecule is Cc1cc(C)cc(-n2nc(C)ccc2=O)c1. The molecule has 0 saturated carbocycles. The summed E-state index contributed by atoms with van der Waals surface area (Å²) in [5.74, 6) is 0. The van der Waals surface area contributed by atoms with Crippen molar-refractivity contribution < 1.29 is 0 Å². The molecule has 0 atom stereocenters. The van der Waals surface area contributed by atoms with E-state index in [-0.39, 0.29) is 5.56 Å². The van der Waals surface area contributed by atoms with Gasteiger partial charge in [0.05, 0.1) is 11.4 Å². The van der Waals surface area contributed by atoms with Gasteiger partial charge >= 0.3 is 0 Å². The molecule has 0 fully saturated rings. The van der Waals surface area contributed by atoms with Crippen molar-refractivity contribution in [1.82, 2.24) is 9.78 Å². The van der Waals surface area contributed by atoms with Gasteiger partial charge in [0.15, 0.2) is 0 Å². The van der Waals surface area contributed by atoms with Crippen LogP contribution >= 0.6 is 0 Å². The van der Waals surface area contributed by atoms with E-state index in [9.17, 15) is 4.79 Å². The Morgan fingerprint density at radius 2 is 1.62 bits per heavy atom. The Hall–Kier alpha value is -1.90. The van der Waals surface area contributed by atoms with Crippen LogP contribution in [0.25, 0.3) is 5.69 Å². The highest BCUT2D eigenvalue weighted by Crippen LogP contribution is 2.11. The third-order valence-corrected chi connectivity index (χ3v) is 2.38. The van der Waals surface area contributed by atoms with Crippen molar-refractivity contribution in [3.8, 4) is 5.69 Å². The fourth-order valence-electron chi connectivity index (χ4n) is 1.76. The van der Waals surface area contributed by atoms with Gasteiger partial charge in [-0.1, -0.05) is 6.07 Å². The molecule has 0 aliphatic heterocycles. The second-order valence-electron chi connectivity index (χ2n) is 4.07. The summed E-state index contributed by atoms with van der Waals surface area (Å²) in [5, 5.41) is 4.23. The van der Waals surface area contributed by atoms with Crippen LogP contribution in [0, 0.1) is 20.8 Å². The minimum absolute atomic E-state index is 0.101. The van der Waals surface area contributed by atoms with Gasteiger partial charge in [-0.15, -0.1) is 0 Å². The zero-order chi connectivity index (χ0) is 11.7. The second-order valence-corrected chi connectivity index (χ2v) is 4.07. The molecule has 0 bridgehead atoms. The molecule has 1 heterocycles. The largest absolute Gasteiger partial charge is 0.271 e. The number of aryl methyl sites for hydroxylation is 3. The summed E-state index contributed by atoms with van der Waals surface area (Å²) in [6.07, 6.45) is 0. The molecule has 0 aliphatic rings. The fraction of sp³-hybridized carbons (Fsp3) is 0.231. The van der Waals surface area contributed by atoms with Gasteiger partial charge in [0.1, 0.15) is 0 Å². The van der Waals surface area contributed by atoms with Gasteiger partial charge in [0, 0.05) is 6.07 Å². The molecule has 0 unspecified atom stereocenters. The summed E-state index contributed by atoms with van der Waals surface area (Å²) >= 11 is 0. The lowest BCUT2D eigenvalue weighted by Crippen LogP contribution is -2.20. The maximum Gasteiger partial charge on any atom is 0.271 e. The van der Waals surface area contributed by atoms with E-state index in [1.807, 2.05) is 32.9 Å². The normalized spacial score (nSPS) is 10.4. The van der Waals surface area contributed by atoms with Crippen molar-refractivity contribution >= 4 is 0 Å². The van der Waals surface area contributed by atoms with E-state index in [2.05, 4.69) is 11.2 Å². The van der Waals surface area contributed by atoms with E-state index >= 15 is 0 Å². The Morgan fingerprint density at radius 1 is 1.00 bits per heavy atom. The standard InChI is InChI=1S/C13H14N2O/c1-9-6-10(2)8-12(7-9)15-13(16)5-4-11(3)14-15/h4-8H,1-3H3. The Balaban J connectivity index is 2.67. The molecule has 16 heavy (non-hydrogen) atoms.